The summed E-state index contributed by atoms with van der Waals surface area (Å²) < 4.78 is 34.0. The number of halogens is 3. The van der Waals surface area contributed by atoms with Gasteiger partial charge in [0.2, 0.25) is 5.91 Å². The highest BCUT2D eigenvalue weighted by atomic mass is 35.5. The van der Waals surface area contributed by atoms with Crippen LogP contribution in [-0.4, -0.2) is 85.8 Å². The number of ether oxygens (including phenoxy) is 1. The van der Waals surface area contributed by atoms with Gasteiger partial charge >= 0.3 is 6.61 Å². The molecule has 0 aliphatic carbocycles. The molecule has 214 valence electrons. The second kappa shape index (κ2) is 11.1. The summed E-state index contributed by atoms with van der Waals surface area (Å²) >= 11 is 6.21. The predicted molar refractivity (Wildman–Crippen MR) is 146 cm³/mol. The van der Waals surface area contributed by atoms with Crippen LogP contribution in [0, 0.1) is 11.8 Å². The molecule has 4 aromatic rings. The van der Waals surface area contributed by atoms with E-state index < -0.39 is 12.5 Å². The number of aromatic nitrogens is 5. The quantitative estimate of drug-likeness (QED) is 0.354. The zero-order valence-electron chi connectivity index (χ0n) is 22.1. The highest BCUT2D eigenvalue weighted by Gasteiger charge is 2.37. The largest absolute Gasteiger partial charge is 0.434 e. The topological polar surface area (TPSA) is 110 Å². The molecule has 0 bridgehead atoms. The fourth-order valence-corrected chi connectivity index (χ4v) is 5.90. The van der Waals surface area contributed by atoms with Gasteiger partial charge in [-0.1, -0.05) is 11.6 Å². The number of rotatable bonds is 7. The van der Waals surface area contributed by atoms with Gasteiger partial charge in [-0.25, -0.2) is 9.50 Å². The van der Waals surface area contributed by atoms with E-state index in [0.29, 0.717) is 30.6 Å². The number of anilines is 1. The number of carbonyl (C=O) groups excluding carboxylic acids is 2. The number of piperidine rings is 1. The summed E-state index contributed by atoms with van der Waals surface area (Å²) in [6.07, 6.45) is 7.00. The van der Waals surface area contributed by atoms with E-state index in [1.54, 1.807) is 12.3 Å². The first-order valence-corrected chi connectivity index (χ1v) is 13.5. The van der Waals surface area contributed by atoms with Gasteiger partial charge in [-0.3, -0.25) is 14.3 Å². The monoisotopic (exact) mass is 584 g/mol. The highest BCUT2D eigenvalue weighted by molar-refractivity contribution is 6.31. The van der Waals surface area contributed by atoms with Gasteiger partial charge in [0.05, 0.1) is 11.9 Å². The van der Waals surface area contributed by atoms with Crippen molar-refractivity contribution in [2.75, 3.05) is 38.5 Å². The molecule has 6 rings (SSSR count). The van der Waals surface area contributed by atoms with E-state index in [2.05, 4.69) is 32.4 Å². The third-order valence-electron chi connectivity index (χ3n) is 7.58. The number of amides is 2. The van der Waals surface area contributed by atoms with Crippen molar-refractivity contribution in [1.82, 2.24) is 34.2 Å². The first-order chi connectivity index (χ1) is 19.7. The number of benzene rings is 1. The van der Waals surface area contributed by atoms with Crippen molar-refractivity contribution in [1.29, 1.82) is 0 Å². The number of hydrogen-bond acceptors (Lipinski definition) is 7. The Morgan fingerprint density at radius 3 is 2.88 bits per heavy atom. The summed E-state index contributed by atoms with van der Waals surface area (Å²) in [6, 6.07) is 5.81. The lowest BCUT2D eigenvalue weighted by Gasteiger charge is -2.34. The zero-order chi connectivity index (χ0) is 28.7. The van der Waals surface area contributed by atoms with Crippen molar-refractivity contribution in [2.24, 2.45) is 11.8 Å². The number of nitrogens with one attached hydrogen (secondary N) is 1. The normalized spacial score (nSPS) is 19.1. The van der Waals surface area contributed by atoms with Crippen molar-refractivity contribution in [3.63, 3.8) is 0 Å². The molecule has 2 saturated heterocycles. The average molecular weight is 585 g/mol. The Labute approximate surface area is 238 Å². The molecule has 2 amide bonds. The van der Waals surface area contributed by atoms with Gasteiger partial charge < -0.3 is 19.9 Å². The van der Waals surface area contributed by atoms with Crippen LogP contribution in [0.15, 0.2) is 49.1 Å². The minimum atomic E-state index is -3.10. The van der Waals surface area contributed by atoms with Crippen LogP contribution in [-0.2, 0) is 11.3 Å². The van der Waals surface area contributed by atoms with E-state index in [-0.39, 0.29) is 45.7 Å². The molecule has 2 aliphatic heterocycles. The van der Waals surface area contributed by atoms with Crippen molar-refractivity contribution in [3.05, 3.63) is 59.6 Å². The molecule has 1 unspecified atom stereocenters. The van der Waals surface area contributed by atoms with Crippen LogP contribution in [0.4, 0.5) is 14.5 Å². The van der Waals surface area contributed by atoms with E-state index in [9.17, 15) is 18.4 Å². The molecule has 0 saturated carbocycles. The lowest BCUT2D eigenvalue weighted by molar-refractivity contribution is -0.134. The molecule has 3 aromatic heterocycles. The van der Waals surface area contributed by atoms with Gasteiger partial charge in [0.25, 0.3) is 5.91 Å². The molecule has 41 heavy (non-hydrogen) atoms. The lowest BCUT2D eigenvalue weighted by atomic mass is 9.89. The lowest BCUT2D eigenvalue weighted by Crippen LogP contribution is -2.44. The minimum Gasteiger partial charge on any atom is -0.434 e. The molecule has 2 atom stereocenters. The Bertz CT molecular complexity index is 1610. The van der Waals surface area contributed by atoms with Crippen LogP contribution in [0.3, 0.4) is 0 Å². The van der Waals surface area contributed by atoms with Gasteiger partial charge in [0.1, 0.15) is 23.6 Å². The van der Waals surface area contributed by atoms with Gasteiger partial charge in [-0.2, -0.15) is 19.0 Å². The summed E-state index contributed by atoms with van der Waals surface area (Å²) in [5.41, 5.74) is 0.951. The summed E-state index contributed by atoms with van der Waals surface area (Å²) in [6.45, 7) is 0.140. The van der Waals surface area contributed by atoms with E-state index in [1.165, 1.54) is 46.0 Å². The van der Waals surface area contributed by atoms with Crippen LogP contribution >= 0.6 is 11.6 Å². The standard InChI is InChI=1S/C27H27ClF2N8O3/c1-35-11-16-5-8-36(13-17(16)12-35)23(39)15-37-14-21(33-26(40)20-10-32-38-7-2-6-31-25(20)38)24(34-37)19-9-18(28)3-4-22(19)41-27(29)30/h2-4,6-7,9-10,14,16-17,27H,5,8,11-13,15H2,1H3,(H,33,40)/t16?,17-/m1/s1. The number of alkyl halides is 2. The smallest absolute Gasteiger partial charge is 0.387 e. The average Bonchev–Trinajstić information content (AvgIpc) is 3.64. The van der Waals surface area contributed by atoms with E-state index in [0.717, 1.165) is 19.5 Å². The van der Waals surface area contributed by atoms with Crippen LogP contribution in [0.25, 0.3) is 16.9 Å². The van der Waals surface area contributed by atoms with Gasteiger partial charge in [-0.05, 0) is 49.6 Å². The minimum absolute atomic E-state index is 0.0973. The summed E-state index contributed by atoms with van der Waals surface area (Å²) in [5, 5.41) is 11.7. The summed E-state index contributed by atoms with van der Waals surface area (Å²) in [4.78, 5) is 35.0. The van der Waals surface area contributed by atoms with Crippen LogP contribution in [0.5, 0.6) is 5.75 Å². The molecular formula is C27H27ClF2N8O3. The molecule has 1 N–H and O–H groups in total. The number of likely N-dealkylation sites (tertiary alicyclic amines) is 2. The molecular weight excluding hydrogens is 558 g/mol. The number of nitrogens with zero attached hydrogens (tertiary/aromatic N) is 7. The number of fused-ring (bicyclic) bond motifs is 2. The fraction of sp³-hybridized carbons (Fsp3) is 0.370. The molecule has 5 heterocycles. The highest BCUT2D eigenvalue weighted by Crippen LogP contribution is 2.37. The number of hydrogen-bond donors (Lipinski definition) is 1. The second-order valence-electron chi connectivity index (χ2n) is 10.4. The van der Waals surface area contributed by atoms with E-state index >= 15 is 0 Å². The van der Waals surface area contributed by atoms with Crippen molar-refractivity contribution < 1.29 is 23.1 Å². The van der Waals surface area contributed by atoms with E-state index in [1.807, 2.05) is 4.90 Å². The molecule has 2 aliphatic rings. The Kier molecular flexibility index (Phi) is 7.30. The first kappa shape index (κ1) is 27.1. The summed E-state index contributed by atoms with van der Waals surface area (Å²) in [7, 11) is 2.09. The molecule has 1 aromatic carbocycles. The van der Waals surface area contributed by atoms with Crippen LogP contribution < -0.4 is 10.1 Å². The predicted octanol–water partition coefficient (Wildman–Crippen LogP) is 3.51. The maximum absolute atomic E-state index is 13.3. The van der Waals surface area contributed by atoms with Crippen LogP contribution in [0.2, 0.25) is 5.02 Å². The maximum Gasteiger partial charge on any atom is 0.387 e. The van der Waals surface area contributed by atoms with Gasteiger partial charge in [0, 0.05) is 55.4 Å². The zero-order valence-corrected chi connectivity index (χ0v) is 22.8. The van der Waals surface area contributed by atoms with Crippen molar-refractivity contribution in [2.45, 2.75) is 19.6 Å². The van der Waals surface area contributed by atoms with Gasteiger partial charge in [0.15, 0.2) is 5.65 Å². The maximum atomic E-state index is 13.3. The number of carbonyl (C=O) groups is 2. The molecule has 2 fully saturated rings. The first-order valence-electron chi connectivity index (χ1n) is 13.1. The molecule has 0 spiro atoms. The molecule has 11 nitrogen and oxygen atoms in total. The van der Waals surface area contributed by atoms with Crippen molar-refractivity contribution in [3.8, 4) is 17.0 Å². The molecule has 14 heteroatoms. The summed E-state index contributed by atoms with van der Waals surface area (Å²) in [5.74, 6) is 0.179. The van der Waals surface area contributed by atoms with E-state index in [4.69, 9.17) is 16.3 Å². The third kappa shape index (κ3) is 5.59. The van der Waals surface area contributed by atoms with Gasteiger partial charge in [-0.15, -0.1) is 0 Å². The fourth-order valence-electron chi connectivity index (χ4n) is 5.72. The van der Waals surface area contributed by atoms with Crippen LogP contribution in [0.1, 0.15) is 16.8 Å². The second-order valence-corrected chi connectivity index (χ2v) is 10.8. The Hall–Kier alpha value is -4.10. The van der Waals surface area contributed by atoms with Crippen molar-refractivity contribution >= 4 is 34.7 Å². The molecule has 0 radical (unpaired) electrons. The SMILES string of the molecule is CN1CC2CCN(C(=O)Cn3cc(NC(=O)c4cnn5cccnc45)c(-c4cc(Cl)ccc4OC(F)F)n3)C[C@H]2C1. The Morgan fingerprint density at radius 2 is 2.05 bits per heavy atom. The Balaban J connectivity index is 1.31. The third-order valence-corrected chi connectivity index (χ3v) is 7.82. The Morgan fingerprint density at radius 1 is 1.22 bits per heavy atom.